The Balaban J connectivity index is 3.29. The first-order valence-corrected chi connectivity index (χ1v) is 5.54. The van der Waals surface area contributed by atoms with Crippen molar-refractivity contribution < 1.29 is 13.2 Å². The third-order valence-corrected chi connectivity index (χ3v) is 1.94. The van der Waals surface area contributed by atoms with Gasteiger partial charge in [-0.05, 0) is 12.8 Å². The number of sulfonamides is 1. The average molecular weight is 194 g/mol. The van der Waals surface area contributed by atoms with E-state index in [0.29, 0.717) is 25.8 Å². The molecule has 0 aliphatic rings. The summed E-state index contributed by atoms with van der Waals surface area (Å²) in [7, 11) is -3.09. The van der Waals surface area contributed by atoms with Crippen LogP contribution in [-0.4, -0.2) is 27.1 Å². The number of carbonyl (C=O) groups is 1. The fourth-order valence-electron chi connectivity index (χ4n) is 0.682. The van der Waals surface area contributed by atoms with Crippen molar-refractivity contribution >= 4 is 15.9 Å². The van der Waals surface area contributed by atoms with Crippen LogP contribution in [0.3, 0.4) is 0 Å². The Hall–Kier alpha value is -0.620. The number of unbranched alkanes of at least 4 members (excludes halogenated alkanes) is 1. The second-order valence-electron chi connectivity index (χ2n) is 2.59. The lowest BCUT2D eigenvalue weighted by Gasteiger charge is -1.99. The Morgan fingerprint density at radius 1 is 1.42 bits per heavy atom. The fourth-order valence-corrected chi connectivity index (χ4v) is 1.20. The molecule has 0 atom stereocenters. The molecule has 0 aromatic rings. The number of nitrogens with one attached hydrogen (secondary N) is 1. The molecule has 0 aromatic heterocycles. The van der Waals surface area contributed by atoms with E-state index >= 15 is 0 Å². The molecule has 72 valence electrons. The van der Waals surface area contributed by atoms with Crippen molar-refractivity contribution in [2.24, 2.45) is 5.73 Å². The van der Waals surface area contributed by atoms with E-state index in [1.807, 2.05) is 0 Å². The molecule has 0 saturated heterocycles. The molecule has 0 rings (SSSR count). The zero-order chi connectivity index (χ0) is 9.61. The minimum Gasteiger partial charge on any atom is -0.370 e. The van der Waals surface area contributed by atoms with E-state index in [-0.39, 0.29) is 5.91 Å². The molecular weight excluding hydrogens is 180 g/mol. The Morgan fingerprint density at radius 3 is 2.42 bits per heavy atom. The van der Waals surface area contributed by atoms with Crippen LogP contribution in [0, 0.1) is 0 Å². The van der Waals surface area contributed by atoms with Crippen molar-refractivity contribution in [3.63, 3.8) is 0 Å². The van der Waals surface area contributed by atoms with Crippen LogP contribution >= 0.6 is 0 Å². The van der Waals surface area contributed by atoms with Gasteiger partial charge in [0.2, 0.25) is 15.9 Å². The Kier molecular flexibility index (Phi) is 4.84. The monoisotopic (exact) mass is 194 g/mol. The summed E-state index contributed by atoms with van der Waals surface area (Å²) in [6.45, 7) is 0.367. The molecule has 0 saturated carbocycles. The summed E-state index contributed by atoms with van der Waals surface area (Å²) in [6.07, 6.45) is 2.67. The standard InChI is InChI=1S/C6H14N2O3S/c1-12(10,11)8-5-3-2-4-6(7)9/h8H,2-5H2,1H3,(H2,7,9). The Labute approximate surface area is 72.4 Å². The fraction of sp³-hybridized carbons (Fsp3) is 0.833. The molecule has 6 heteroatoms. The lowest BCUT2D eigenvalue weighted by atomic mass is 10.2. The van der Waals surface area contributed by atoms with Crippen molar-refractivity contribution in [1.82, 2.24) is 4.72 Å². The second-order valence-corrected chi connectivity index (χ2v) is 4.42. The van der Waals surface area contributed by atoms with Crippen LogP contribution in [0.15, 0.2) is 0 Å². The van der Waals surface area contributed by atoms with Crippen LogP contribution in [0.4, 0.5) is 0 Å². The zero-order valence-corrected chi connectivity index (χ0v) is 7.86. The van der Waals surface area contributed by atoms with E-state index in [9.17, 15) is 13.2 Å². The topological polar surface area (TPSA) is 89.3 Å². The summed E-state index contributed by atoms with van der Waals surface area (Å²) < 4.78 is 23.4. The first kappa shape index (κ1) is 11.4. The molecule has 3 N–H and O–H groups in total. The maximum Gasteiger partial charge on any atom is 0.217 e. The summed E-state index contributed by atoms with van der Waals surface area (Å²) in [6, 6.07) is 0. The van der Waals surface area contributed by atoms with E-state index in [1.165, 1.54) is 0 Å². The Bertz CT molecular complexity index is 235. The van der Waals surface area contributed by atoms with Gasteiger partial charge in [0.1, 0.15) is 0 Å². The molecular formula is C6H14N2O3S. The van der Waals surface area contributed by atoms with Gasteiger partial charge in [-0.1, -0.05) is 0 Å². The number of nitrogens with two attached hydrogens (primary N) is 1. The summed E-state index contributed by atoms with van der Waals surface area (Å²) >= 11 is 0. The predicted octanol–water partition coefficient (Wildman–Crippen LogP) is -0.809. The second kappa shape index (κ2) is 5.10. The van der Waals surface area contributed by atoms with Gasteiger partial charge >= 0.3 is 0 Å². The van der Waals surface area contributed by atoms with Crippen molar-refractivity contribution in [3.8, 4) is 0 Å². The molecule has 0 aliphatic heterocycles. The van der Waals surface area contributed by atoms with Crippen molar-refractivity contribution in [2.45, 2.75) is 19.3 Å². The van der Waals surface area contributed by atoms with Crippen LogP contribution < -0.4 is 10.5 Å². The minimum atomic E-state index is -3.09. The molecule has 12 heavy (non-hydrogen) atoms. The van der Waals surface area contributed by atoms with E-state index in [2.05, 4.69) is 4.72 Å². The zero-order valence-electron chi connectivity index (χ0n) is 7.04. The van der Waals surface area contributed by atoms with Gasteiger partial charge in [0.25, 0.3) is 0 Å². The van der Waals surface area contributed by atoms with Crippen LogP contribution in [0.25, 0.3) is 0 Å². The average Bonchev–Trinajstić information content (AvgIpc) is 1.83. The van der Waals surface area contributed by atoms with Crippen molar-refractivity contribution in [1.29, 1.82) is 0 Å². The molecule has 0 spiro atoms. The molecule has 0 aromatic carbocycles. The lowest BCUT2D eigenvalue weighted by Crippen LogP contribution is -2.23. The SMILES string of the molecule is CS(=O)(=O)NCCCCC(N)=O. The molecule has 0 unspecified atom stereocenters. The summed E-state index contributed by atoms with van der Waals surface area (Å²) in [5, 5.41) is 0. The number of amides is 1. The lowest BCUT2D eigenvalue weighted by molar-refractivity contribution is -0.118. The van der Waals surface area contributed by atoms with Gasteiger partial charge in [-0.25, -0.2) is 13.1 Å². The highest BCUT2D eigenvalue weighted by Crippen LogP contribution is 1.92. The smallest absolute Gasteiger partial charge is 0.217 e. The number of hydrogen-bond donors (Lipinski definition) is 2. The highest BCUT2D eigenvalue weighted by molar-refractivity contribution is 7.88. The molecule has 1 amide bonds. The summed E-state index contributed by atoms with van der Waals surface area (Å²) in [5.74, 6) is -0.352. The normalized spacial score (nSPS) is 11.4. The third kappa shape index (κ3) is 9.38. The van der Waals surface area contributed by atoms with Gasteiger partial charge in [0.05, 0.1) is 6.26 Å². The Morgan fingerprint density at radius 2 is 2.00 bits per heavy atom. The van der Waals surface area contributed by atoms with Crippen molar-refractivity contribution in [2.75, 3.05) is 12.8 Å². The molecule has 0 bridgehead atoms. The van der Waals surface area contributed by atoms with E-state index in [4.69, 9.17) is 5.73 Å². The maximum absolute atomic E-state index is 10.5. The van der Waals surface area contributed by atoms with Crippen LogP contribution in [0.1, 0.15) is 19.3 Å². The highest BCUT2D eigenvalue weighted by Gasteiger charge is 1.99. The quantitative estimate of drug-likeness (QED) is 0.542. The largest absolute Gasteiger partial charge is 0.370 e. The number of carbonyl (C=O) groups excluding carboxylic acids is 1. The molecule has 0 radical (unpaired) electrons. The van der Waals surface area contributed by atoms with Gasteiger partial charge < -0.3 is 5.73 Å². The van der Waals surface area contributed by atoms with Crippen LogP contribution in [-0.2, 0) is 14.8 Å². The van der Waals surface area contributed by atoms with Gasteiger partial charge in [0.15, 0.2) is 0 Å². The maximum atomic E-state index is 10.5. The number of primary amides is 1. The van der Waals surface area contributed by atoms with Crippen molar-refractivity contribution in [3.05, 3.63) is 0 Å². The number of hydrogen-bond acceptors (Lipinski definition) is 3. The summed E-state index contributed by atoms with van der Waals surface area (Å²) in [4.78, 5) is 10.2. The van der Waals surface area contributed by atoms with Gasteiger partial charge in [-0.2, -0.15) is 0 Å². The molecule has 5 nitrogen and oxygen atoms in total. The summed E-state index contributed by atoms with van der Waals surface area (Å²) in [5.41, 5.74) is 4.88. The predicted molar refractivity (Wildman–Crippen MR) is 45.9 cm³/mol. The van der Waals surface area contributed by atoms with E-state index in [1.54, 1.807) is 0 Å². The molecule has 0 heterocycles. The minimum absolute atomic E-state index is 0.311. The highest BCUT2D eigenvalue weighted by atomic mass is 32.2. The van der Waals surface area contributed by atoms with E-state index in [0.717, 1.165) is 6.26 Å². The molecule has 0 aliphatic carbocycles. The third-order valence-electron chi connectivity index (χ3n) is 1.21. The first-order chi connectivity index (χ1) is 5.42. The number of rotatable bonds is 6. The first-order valence-electron chi connectivity index (χ1n) is 3.65. The van der Waals surface area contributed by atoms with Gasteiger partial charge in [0, 0.05) is 13.0 Å². The van der Waals surface area contributed by atoms with Gasteiger partial charge in [-0.15, -0.1) is 0 Å². The van der Waals surface area contributed by atoms with Crippen LogP contribution in [0.2, 0.25) is 0 Å². The van der Waals surface area contributed by atoms with E-state index < -0.39 is 10.0 Å². The van der Waals surface area contributed by atoms with Crippen LogP contribution in [0.5, 0.6) is 0 Å². The van der Waals surface area contributed by atoms with Gasteiger partial charge in [-0.3, -0.25) is 4.79 Å². The molecule has 0 fully saturated rings.